The molecule has 2 N–H and O–H groups in total. The van der Waals surface area contributed by atoms with Crippen molar-refractivity contribution in [3.8, 4) is 0 Å². The van der Waals surface area contributed by atoms with Crippen molar-refractivity contribution < 1.29 is 30.5 Å². The van der Waals surface area contributed by atoms with E-state index in [0.717, 1.165) is 0 Å². The zero-order valence-electron chi connectivity index (χ0n) is 1.79. The van der Waals surface area contributed by atoms with E-state index in [0.29, 0.717) is 0 Å². The largest absolute Gasteiger partial charge is 0.482 e. The second-order valence-electron chi connectivity index (χ2n) is 0.115. The summed E-state index contributed by atoms with van der Waals surface area (Å²) < 4.78 is 0. The third-order valence-corrected chi connectivity index (χ3v) is 0. The third-order valence-electron chi connectivity index (χ3n) is 0. The topological polar surface area (TPSA) is 40.5 Å². The van der Waals surface area contributed by atoms with E-state index in [1.165, 1.54) is 0 Å². The first-order valence-electron chi connectivity index (χ1n) is 0.516. The molecule has 4 heavy (non-hydrogen) atoms. The van der Waals surface area contributed by atoms with Crippen LogP contribution in [0.3, 0.4) is 0 Å². The van der Waals surface area contributed by atoms with Gasteiger partial charge in [-0.05, 0) is 0 Å². The fourth-order valence-corrected chi connectivity index (χ4v) is 0. The molecule has 0 rings (SSSR count). The van der Waals surface area contributed by atoms with Crippen LogP contribution in [0.2, 0.25) is 0 Å². The van der Waals surface area contributed by atoms with Gasteiger partial charge in [-0.1, -0.05) is 0 Å². The predicted octanol–water partition coefficient (Wildman–Crippen LogP) is -1.50. The monoisotopic (exact) mass is 151 g/mol. The molecule has 0 saturated carbocycles. The molecule has 0 aliphatic carbocycles. The van der Waals surface area contributed by atoms with Crippen LogP contribution >= 0.6 is 0 Å². The second kappa shape index (κ2) is 9.42. The van der Waals surface area contributed by atoms with Crippen LogP contribution in [-0.4, -0.2) is 17.7 Å². The Labute approximate surface area is 38.8 Å². The first-order chi connectivity index (χ1) is 1.41. The van der Waals surface area contributed by atoms with Crippen LogP contribution in [0.5, 0.6) is 0 Å². The minimum Gasteiger partial charge on any atom is -0.429 e. The van der Waals surface area contributed by atoms with Crippen LogP contribution in [-0.2, 0) is 20.4 Å². The van der Waals surface area contributed by atoms with E-state index >= 15 is 0 Å². The summed E-state index contributed by atoms with van der Waals surface area (Å²) in [4.78, 5) is 0. The number of rotatable bonds is 0. The van der Waals surface area contributed by atoms with Crippen molar-refractivity contribution in [2.45, 2.75) is 0 Å². The molecule has 0 fully saturated rings. The summed E-state index contributed by atoms with van der Waals surface area (Å²) in [6.07, 6.45) is 0. The van der Waals surface area contributed by atoms with Gasteiger partial charge < -0.3 is 10.0 Å². The summed E-state index contributed by atoms with van der Waals surface area (Å²) in [5, 5.41) is 14.0. The van der Waals surface area contributed by atoms with Gasteiger partial charge in [-0.2, -0.15) is 0 Å². The first-order valence-corrected chi connectivity index (χ1v) is 0.516. The van der Waals surface area contributed by atoms with Crippen molar-refractivity contribution in [3.05, 3.63) is 0 Å². The molecular formula is H2BO2Pd. The minimum atomic E-state index is 0. The van der Waals surface area contributed by atoms with Gasteiger partial charge in [0.15, 0.2) is 0 Å². The molecule has 0 aromatic rings. The predicted molar refractivity (Wildman–Crippen MR) is 10.2 cm³/mol. The summed E-state index contributed by atoms with van der Waals surface area (Å²) in [5.74, 6) is 0. The molecule has 4 heteroatoms. The average molecular weight is 151 g/mol. The molecule has 0 amide bonds. The van der Waals surface area contributed by atoms with Crippen molar-refractivity contribution in [2.75, 3.05) is 0 Å². The fourth-order valence-electron chi connectivity index (χ4n) is 0. The summed E-state index contributed by atoms with van der Waals surface area (Å²) in [6, 6.07) is 0. The Morgan fingerprint density at radius 3 is 1.25 bits per heavy atom. The van der Waals surface area contributed by atoms with Gasteiger partial charge in [-0.3, -0.25) is 0 Å². The van der Waals surface area contributed by atoms with Gasteiger partial charge in [0.05, 0.1) is 0 Å². The van der Waals surface area contributed by atoms with Gasteiger partial charge in [0.25, 0.3) is 0 Å². The molecule has 27 valence electrons. The van der Waals surface area contributed by atoms with Crippen molar-refractivity contribution in [2.24, 2.45) is 0 Å². The van der Waals surface area contributed by atoms with E-state index in [-0.39, 0.29) is 28.1 Å². The smallest absolute Gasteiger partial charge is 0.429 e. The molecule has 0 spiro atoms. The molecule has 0 aromatic heterocycles. The fraction of sp³-hybridized carbons (Fsp3) is 0. The first kappa shape index (κ1) is 8.82. The Morgan fingerprint density at radius 2 is 1.25 bits per heavy atom. The molecule has 0 aliphatic heterocycles. The van der Waals surface area contributed by atoms with Crippen molar-refractivity contribution >= 4 is 7.69 Å². The van der Waals surface area contributed by atoms with Crippen molar-refractivity contribution in [1.82, 2.24) is 0 Å². The Balaban J connectivity index is 0. The molecule has 0 unspecified atom stereocenters. The molecule has 0 bridgehead atoms. The Kier molecular flexibility index (Phi) is 20.8. The zero-order valence-corrected chi connectivity index (χ0v) is 3.34. The van der Waals surface area contributed by atoms with E-state index in [1.54, 1.807) is 0 Å². The molecule has 0 aliphatic rings. The summed E-state index contributed by atoms with van der Waals surface area (Å²) in [6.45, 7) is 0. The van der Waals surface area contributed by atoms with Gasteiger partial charge >= 0.3 is 7.69 Å². The van der Waals surface area contributed by atoms with Crippen LogP contribution in [0.4, 0.5) is 0 Å². The summed E-state index contributed by atoms with van der Waals surface area (Å²) in [7, 11) is 0. The molecule has 0 atom stereocenters. The molecule has 0 saturated heterocycles. The van der Waals surface area contributed by atoms with Gasteiger partial charge in [-0.25, -0.2) is 0 Å². The summed E-state index contributed by atoms with van der Waals surface area (Å²) >= 11 is 0. The third kappa shape index (κ3) is 17.1. The van der Waals surface area contributed by atoms with Gasteiger partial charge in [0.1, 0.15) is 0 Å². The maximum atomic E-state index is 7.00. The van der Waals surface area contributed by atoms with Crippen molar-refractivity contribution in [1.29, 1.82) is 0 Å². The molecule has 2 nitrogen and oxygen atoms in total. The number of hydrogen-bond acceptors (Lipinski definition) is 2. The second-order valence-corrected chi connectivity index (χ2v) is 0.115. The maximum absolute atomic E-state index is 7.00. The average Bonchev–Trinajstić information content (AvgIpc) is 0.918. The molecular weight excluding hydrogens is 149 g/mol. The maximum Gasteiger partial charge on any atom is 0.482 e. The minimum absolute atomic E-state index is 0. The Hall–Kier alpha value is 0.647. The van der Waals surface area contributed by atoms with E-state index in [2.05, 4.69) is 0 Å². The van der Waals surface area contributed by atoms with Crippen LogP contribution in [0.1, 0.15) is 0 Å². The van der Waals surface area contributed by atoms with Crippen molar-refractivity contribution in [3.63, 3.8) is 0 Å². The van der Waals surface area contributed by atoms with Crippen LogP contribution in [0.15, 0.2) is 0 Å². The summed E-state index contributed by atoms with van der Waals surface area (Å²) in [5.41, 5.74) is 0. The van der Waals surface area contributed by atoms with Crippen LogP contribution < -0.4 is 0 Å². The molecule has 0 aromatic carbocycles. The quantitative estimate of drug-likeness (QED) is 0.414. The van der Waals surface area contributed by atoms with E-state index < -0.39 is 0 Å². The van der Waals surface area contributed by atoms with Crippen LogP contribution in [0, 0.1) is 0 Å². The Morgan fingerprint density at radius 1 is 1.25 bits per heavy atom. The molecule has 1 radical (unpaired) electrons. The Bertz CT molecular complexity index is 6.00. The number of hydrogen-bond donors (Lipinski definition) is 2. The van der Waals surface area contributed by atoms with E-state index in [9.17, 15) is 0 Å². The van der Waals surface area contributed by atoms with E-state index in [1.807, 2.05) is 0 Å². The SMILES string of the molecule is O[B]O.[Pd]. The zero-order chi connectivity index (χ0) is 2.71. The van der Waals surface area contributed by atoms with Gasteiger partial charge in [-0.15, -0.1) is 0 Å². The van der Waals surface area contributed by atoms with E-state index in [4.69, 9.17) is 10.0 Å². The van der Waals surface area contributed by atoms with Gasteiger partial charge in [0, 0.05) is 20.4 Å². The van der Waals surface area contributed by atoms with Gasteiger partial charge in [0.2, 0.25) is 0 Å². The van der Waals surface area contributed by atoms with Crippen LogP contribution in [0.25, 0.3) is 0 Å². The standard InChI is InChI=1S/BH2O2.Pd/c2-1-3;/h2-3H;. The normalized spacial score (nSPS) is 3.50. The molecule has 0 heterocycles.